The van der Waals surface area contributed by atoms with Gasteiger partial charge in [0.15, 0.2) is 0 Å². The van der Waals surface area contributed by atoms with Crippen molar-refractivity contribution in [2.24, 2.45) is 0 Å². The Morgan fingerprint density at radius 3 is 3.00 bits per heavy atom. The third-order valence-corrected chi connectivity index (χ3v) is 4.43. The molecule has 0 spiro atoms. The summed E-state index contributed by atoms with van der Waals surface area (Å²) in [7, 11) is 0. The maximum atomic E-state index is 5.94. The van der Waals surface area contributed by atoms with Gasteiger partial charge in [-0.15, -0.1) is 0 Å². The number of fused-ring (bicyclic) bond motifs is 1. The lowest BCUT2D eigenvalue weighted by atomic mass is 10.2. The Morgan fingerprint density at radius 1 is 1.24 bits per heavy atom. The van der Waals surface area contributed by atoms with Crippen LogP contribution in [0.25, 0.3) is 0 Å². The number of aromatic nitrogens is 3. The van der Waals surface area contributed by atoms with Crippen LogP contribution in [-0.4, -0.2) is 32.8 Å². The average molecular weight is 338 g/mol. The molecule has 3 aromatic heterocycles. The minimum Gasteiger partial charge on any atom is -0.465 e. The van der Waals surface area contributed by atoms with Crippen molar-refractivity contribution in [2.45, 2.75) is 32.7 Å². The Balaban J connectivity index is 1.40. The molecule has 0 amide bonds. The van der Waals surface area contributed by atoms with Crippen molar-refractivity contribution in [1.29, 1.82) is 0 Å². The predicted octanol–water partition coefficient (Wildman–Crippen LogP) is 2.95. The molecule has 4 heterocycles. The van der Waals surface area contributed by atoms with Crippen LogP contribution in [0, 0.1) is 6.92 Å². The summed E-state index contributed by atoms with van der Waals surface area (Å²) in [6.45, 7) is 5.73. The van der Waals surface area contributed by atoms with Crippen molar-refractivity contribution in [3.63, 3.8) is 0 Å². The molecule has 6 heteroatoms. The lowest BCUT2D eigenvalue weighted by Gasteiger charge is -2.33. The highest BCUT2D eigenvalue weighted by molar-refractivity contribution is 5.09. The Bertz CT molecular complexity index is 812. The van der Waals surface area contributed by atoms with E-state index in [2.05, 4.69) is 31.8 Å². The molecular formula is C19H22N4O2. The minimum atomic E-state index is 0.200. The first-order chi connectivity index (χ1) is 12.3. The van der Waals surface area contributed by atoms with Crippen molar-refractivity contribution in [3.8, 4) is 0 Å². The summed E-state index contributed by atoms with van der Waals surface area (Å²) in [6.07, 6.45) is 5.48. The van der Waals surface area contributed by atoms with E-state index >= 15 is 0 Å². The molecule has 0 aliphatic carbocycles. The highest BCUT2D eigenvalue weighted by Crippen LogP contribution is 2.23. The lowest BCUT2D eigenvalue weighted by molar-refractivity contribution is 0.0514. The van der Waals surface area contributed by atoms with Gasteiger partial charge in [-0.05, 0) is 36.8 Å². The number of aryl methyl sites for hydroxylation is 1. The highest BCUT2D eigenvalue weighted by Gasteiger charge is 2.26. The third-order valence-electron chi connectivity index (χ3n) is 4.43. The topological polar surface area (TPSA) is 56.3 Å². The molecular weight excluding hydrogens is 316 g/mol. The average Bonchev–Trinajstić information content (AvgIpc) is 3.25. The molecule has 0 saturated carbocycles. The Hall–Kier alpha value is -2.44. The molecule has 0 bridgehead atoms. The summed E-state index contributed by atoms with van der Waals surface area (Å²) >= 11 is 0. The number of furan rings is 1. The van der Waals surface area contributed by atoms with Crippen LogP contribution in [0.15, 0.2) is 53.3 Å². The monoisotopic (exact) mass is 338 g/mol. The van der Waals surface area contributed by atoms with Gasteiger partial charge in [-0.25, -0.2) is 0 Å². The van der Waals surface area contributed by atoms with Crippen molar-refractivity contribution in [3.05, 3.63) is 71.7 Å². The van der Waals surface area contributed by atoms with Crippen LogP contribution in [0.2, 0.25) is 0 Å². The van der Waals surface area contributed by atoms with Gasteiger partial charge in [0.2, 0.25) is 0 Å². The minimum absolute atomic E-state index is 0.200. The molecule has 130 valence electrons. The molecule has 0 radical (unpaired) electrons. The molecule has 1 atom stereocenters. The van der Waals surface area contributed by atoms with E-state index in [4.69, 9.17) is 9.15 Å². The van der Waals surface area contributed by atoms with Crippen molar-refractivity contribution in [2.75, 3.05) is 13.2 Å². The first-order valence-corrected chi connectivity index (χ1v) is 8.54. The Kier molecular flexibility index (Phi) is 4.63. The number of rotatable bonds is 6. The summed E-state index contributed by atoms with van der Waals surface area (Å²) in [6, 6.07) is 10.3. The van der Waals surface area contributed by atoms with E-state index in [1.54, 1.807) is 6.20 Å². The molecule has 4 rings (SSSR count). The molecule has 0 saturated heterocycles. The highest BCUT2D eigenvalue weighted by atomic mass is 16.5. The van der Waals surface area contributed by atoms with Gasteiger partial charge in [0.05, 0.1) is 31.5 Å². The van der Waals surface area contributed by atoms with Gasteiger partial charge in [0.25, 0.3) is 0 Å². The number of hydrogen-bond acceptors (Lipinski definition) is 5. The SMILES string of the molecule is Cc1ccc(CN2Cc3ccnn3C(COCc3cccnc3)C2)o1. The van der Waals surface area contributed by atoms with Gasteiger partial charge >= 0.3 is 0 Å². The second kappa shape index (κ2) is 7.21. The van der Waals surface area contributed by atoms with Crippen LogP contribution in [0.5, 0.6) is 0 Å². The van der Waals surface area contributed by atoms with Gasteiger partial charge in [0.1, 0.15) is 11.5 Å². The zero-order valence-electron chi connectivity index (χ0n) is 14.3. The maximum Gasteiger partial charge on any atom is 0.118 e. The fraction of sp³-hybridized carbons (Fsp3) is 0.368. The van der Waals surface area contributed by atoms with E-state index in [0.29, 0.717) is 13.2 Å². The summed E-state index contributed by atoms with van der Waals surface area (Å²) in [5.74, 6) is 1.95. The predicted molar refractivity (Wildman–Crippen MR) is 92.7 cm³/mol. The number of pyridine rings is 1. The molecule has 0 N–H and O–H groups in total. The number of hydrogen-bond donors (Lipinski definition) is 0. The maximum absolute atomic E-state index is 5.94. The molecule has 1 unspecified atom stereocenters. The largest absolute Gasteiger partial charge is 0.465 e. The molecule has 0 fully saturated rings. The third kappa shape index (κ3) is 3.81. The van der Waals surface area contributed by atoms with Crippen LogP contribution >= 0.6 is 0 Å². The van der Waals surface area contributed by atoms with E-state index < -0.39 is 0 Å². The molecule has 25 heavy (non-hydrogen) atoms. The van der Waals surface area contributed by atoms with Gasteiger partial charge in [-0.3, -0.25) is 14.6 Å². The summed E-state index contributed by atoms with van der Waals surface area (Å²) in [5, 5.41) is 4.48. The van der Waals surface area contributed by atoms with Crippen molar-refractivity contribution < 1.29 is 9.15 Å². The van der Waals surface area contributed by atoms with Crippen LogP contribution in [-0.2, 0) is 24.4 Å². The molecule has 6 nitrogen and oxygen atoms in total. The van der Waals surface area contributed by atoms with Crippen LogP contribution in [0.4, 0.5) is 0 Å². The molecule has 1 aliphatic rings. The van der Waals surface area contributed by atoms with Gasteiger partial charge < -0.3 is 9.15 Å². The molecule has 0 aromatic carbocycles. The number of ether oxygens (including phenoxy) is 1. The standard InChI is InChI=1S/C19H22N4O2/c1-15-4-5-19(25-15)12-22-10-17-6-8-21-23(17)18(11-22)14-24-13-16-3-2-7-20-9-16/h2-9,18H,10-14H2,1H3. The molecule has 1 aliphatic heterocycles. The van der Waals surface area contributed by atoms with Gasteiger partial charge in [-0.2, -0.15) is 5.10 Å². The number of nitrogens with zero attached hydrogens (tertiary/aromatic N) is 4. The second-order valence-corrected chi connectivity index (χ2v) is 6.48. The Labute approximate surface area is 147 Å². The van der Waals surface area contributed by atoms with Gasteiger partial charge in [0, 0.05) is 31.7 Å². The first-order valence-electron chi connectivity index (χ1n) is 8.54. The summed E-state index contributed by atoms with van der Waals surface area (Å²) in [5.41, 5.74) is 2.30. The van der Waals surface area contributed by atoms with E-state index in [0.717, 1.165) is 36.7 Å². The van der Waals surface area contributed by atoms with Gasteiger partial charge in [-0.1, -0.05) is 6.07 Å². The Morgan fingerprint density at radius 2 is 2.20 bits per heavy atom. The normalized spacial score (nSPS) is 17.6. The lowest BCUT2D eigenvalue weighted by Crippen LogP contribution is -2.39. The summed E-state index contributed by atoms with van der Waals surface area (Å²) in [4.78, 5) is 6.50. The van der Waals surface area contributed by atoms with Crippen LogP contribution < -0.4 is 0 Å². The summed E-state index contributed by atoms with van der Waals surface area (Å²) < 4.78 is 13.8. The van der Waals surface area contributed by atoms with Crippen molar-refractivity contribution >= 4 is 0 Å². The smallest absolute Gasteiger partial charge is 0.118 e. The zero-order chi connectivity index (χ0) is 17.1. The van der Waals surface area contributed by atoms with E-state index in [1.165, 1.54) is 5.69 Å². The second-order valence-electron chi connectivity index (χ2n) is 6.48. The fourth-order valence-corrected chi connectivity index (χ4v) is 3.30. The fourth-order valence-electron chi connectivity index (χ4n) is 3.30. The zero-order valence-corrected chi connectivity index (χ0v) is 14.3. The van der Waals surface area contributed by atoms with E-state index in [9.17, 15) is 0 Å². The van der Waals surface area contributed by atoms with Crippen molar-refractivity contribution in [1.82, 2.24) is 19.7 Å². The van der Waals surface area contributed by atoms with E-state index in [1.807, 2.05) is 37.5 Å². The quantitative estimate of drug-likeness (QED) is 0.692. The van der Waals surface area contributed by atoms with E-state index in [-0.39, 0.29) is 6.04 Å². The molecule has 3 aromatic rings. The van der Waals surface area contributed by atoms with Crippen LogP contribution in [0.3, 0.4) is 0 Å². The van der Waals surface area contributed by atoms with Crippen LogP contribution in [0.1, 0.15) is 28.8 Å². The first kappa shape index (κ1) is 16.1.